The Balaban J connectivity index is 2.18. The van der Waals surface area contributed by atoms with Crippen LogP contribution in [0.25, 0.3) is 0 Å². The molecule has 0 saturated heterocycles. The smallest absolute Gasteiger partial charge is 0.0537 e. The molecule has 1 heteroatoms. The quantitative estimate of drug-likeness (QED) is 0.464. The zero-order valence-corrected chi connectivity index (χ0v) is 13.6. The van der Waals surface area contributed by atoms with E-state index in [9.17, 15) is 0 Å². The maximum Gasteiger partial charge on any atom is 0.0537 e. The van der Waals surface area contributed by atoms with Gasteiger partial charge in [-0.15, -0.1) is 0 Å². The van der Waals surface area contributed by atoms with Crippen molar-refractivity contribution in [2.45, 2.75) is 65.2 Å². The summed E-state index contributed by atoms with van der Waals surface area (Å²) < 4.78 is 5.92. The largest absolute Gasteiger partial charge is 0.381 e. The van der Waals surface area contributed by atoms with Crippen LogP contribution in [0.5, 0.6) is 0 Å². The van der Waals surface area contributed by atoms with Crippen LogP contribution in [-0.4, -0.2) is 13.2 Å². The molecule has 1 nitrogen and oxygen atoms in total. The molecule has 1 atom stereocenters. The summed E-state index contributed by atoms with van der Waals surface area (Å²) in [6.07, 6.45) is 7.98. The summed E-state index contributed by atoms with van der Waals surface area (Å²) >= 11 is 0. The van der Waals surface area contributed by atoms with Gasteiger partial charge in [0, 0.05) is 12.5 Å². The number of rotatable bonds is 11. The van der Waals surface area contributed by atoms with Gasteiger partial charge in [-0.25, -0.2) is 0 Å². The van der Waals surface area contributed by atoms with Crippen LogP contribution in [0.4, 0.5) is 0 Å². The van der Waals surface area contributed by atoms with Gasteiger partial charge in [-0.05, 0) is 17.9 Å². The molecule has 0 aliphatic rings. The van der Waals surface area contributed by atoms with Crippen LogP contribution in [0, 0.1) is 5.92 Å². The Morgan fingerprint density at radius 3 is 2.20 bits per heavy atom. The Bertz CT molecular complexity index is 318. The Kier molecular flexibility index (Phi) is 9.40. The molecule has 0 aliphatic carbocycles. The number of hydrogen-bond acceptors (Lipinski definition) is 1. The summed E-state index contributed by atoms with van der Waals surface area (Å²) in [4.78, 5) is 0. The summed E-state index contributed by atoms with van der Waals surface area (Å²) in [5, 5.41) is 0. The van der Waals surface area contributed by atoms with E-state index in [0.717, 1.165) is 13.2 Å². The molecule has 0 aliphatic heterocycles. The van der Waals surface area contributed by atoms with E-state index in [1.54, 1.807) is 0 Å². The maximum absolute atomic E-state index is 5.92. The van der Waals surface area contributed by atoms with E-state index in [4.69, 9.17) is 4.74 Å². The van der Waals surface area contributed by atoms with Gasteiger partial charge in [-0.3, -0.25) is 0 Å². The van der Waals surface area contributed by atoms with Crippen LogP contribution < -0.4 is 0 Å². The topological polar surface area (TPSA) is 9.23 Å². The monoisotopic (exact) mass is 276 g/mol. The lowest BCUT2D eigenvalue weighted by Gasteiger charge is -2.21. The van der Waals surface area contributed by atoms with Gasteiger partial charge >= 0.3 is 0 Å². The van der Waals surface area contributed by atoms with Gasteiger partial charge in [-0.1, -0.05) is 83.2 Å². The predicted octanol–water partition coefficient (Wildman–Crippen LogP) is 5.80. The van der Waals surface area contributed by atoms with E-state index in [1.807, 2.05) is 0 Å². The Morgan fingerprint density at radius 2 is 1.55 bits per heavy atom. The first-order valence-corrected chi connectivity index (χ1v) is 8.38. The average molecular weight is 276 g/mol. The van der Waals surface area contributed by atoms with E-state index in [0.29, 0.717) is 11.8 Å². The number of ether oxygens (including phenoxy) is 1. The van der Waals surface area contributed by atoms with Crippen molar-refractivity contribution < 1.29 is 4.74 Å². The molecular formula is C19H32O. The van der Waals surface area contributed by atoms with Crippen molar-refractivity contribution in [1.82, 2.24) is 0 Å². The second-order valence-corrected chi connectivity index (χ2v) is 6.10. The highest BCUT2D eigenvalue weighted by Gasteiger charge is 2.15. The second-order valence-electron chi connectivity index (χ2n) is 6.10. The van der Waals surface area contributed by atoms with E-state index in [1.165, 1.54) is 44.1 Å². The summed E-state index contributed by atoms with van der Waals surface area (Å²) in [6.45, 7) is 8.61. The molecule has 0 fully saturated rings. The molecule has 0 bridgehead atoms. The highest BCUT2D eigenvalue weighted by molar-refractivity contribution is 5.20. The summed E-state index contributed by atoms with van der Waals surface area (Å²) in [5.74, 6) is 1.15. The first-order chi connectivity index (χ1) is 9.75. The molecule has 0 heterocycles. The lowest BCUT2D eigenvalue weighted by molar-refractivity contribution is 0.105. The third-order valence-electron chi connectivity index (χ3n) is 3.97. The van der Waals surface area contributed by atoms with E-state index < -0.39 is 0 Å². The highest BCUT2D eigenvalue weighted by atomic mass is 16.5. The van der Waals surface area contributed by atoms with Crippen LogP contribution in [0.2, 0.25) is 0 Å². The Labute approximate surface area is 125 Å². The van der Waals surface area contributed by atoms with Gasteiger partial charge in [0.05, 0.1) is 6.61 Å². The third kappa shape index (κ3) is 7.09. The first kappa shape index (κ1) is 17.2. The molecule has 0 saturated carbocycles. The predicted molar refractivity (Wildman–Crippen MR) is 88.2 cm³/mol. The molecule has 1 rings (SSSR count). The SMILES string of the molecule is CCCCCCCCOC[C@@H](c1ccccc1)C(C)C. The Morgan fingerprint density at radius 1 is 0.900 bits per heavy atom. The summed E-state index contributed by atoms with van der Waals surface area (Å²) in [7, 11) is 0. The molecule has 0 unspecified atom stereocenters. The van der Waals surface area contributed by atoms with Crippen molar-refractivity contribution in [2.75, 3.05) is 13.2 Å². The van der Waals surface area contributed by atoms with Gasteiger partial charge in [0.1, 0.15) is 0 Å². The number of hydrogen-bond donors (Lipinski definition) is 0. The lowest BCUT2D eigenvalue weighted by Crippen LogP contribution is -2.14. The van der Waals surface area contributed by atoms with Gasteiger partial charge in [-0.2, -0.15) is 0 Å². The second kappa shape index (κ2) is 10.9. The zero-order valence-electron chi connectivity index (χ0n) is 13.6. The highest BCUT2D eigenvalue weighted by Crippen LogP contribution is 2.24. The molecule has 0 spiro atoms. The zero-order chi connectivity index (χ0) is 14.6. The van der Waals surface area contributed by atoms with Gasteiger partial charge in [0.15, 0.2) is 0 Å². The van der Waals surface area contributed by atoms with Crippen LogP contribution in [0.1, 0.15) is 70.8 Å². The fourth-order valence-corrected chi connectivity index (χ4v) is 2.57. The summed E-state index contributed by atoms with van der Waals surface area (Å²) in [5.41, 5.74) is 1.41. The molecule has 0 N–H and O–H groups in total. The molecule has 114 valence electrons. The fourth-order valence-electron chi connectivity index (χ4n) is 2.57. The number of benzene rings is 1. The minimum absolute atomic E-state index is 0.524. The van der Waals surface area contributed by atoms with Crippen molar-refractivity contribution in [1.29, 1.82) is 0 Å². The van der Waals surface area contributed by atoms with Crippen molar-refractivity contribution in [3.63, 3.8) is 0 Å². The van der Waals surface area contributed by atoms with Gasteiger partial charge in [0.25, 0.3) is 0 Å². The molecule has 0 radical (unpaired) electrons. The maximum atomic E-state index is 5.92. The van der Waals surface area contributed by atoms with Gasteiger partial charge < -0.3 is 4.74 Å². The van der Waals surface area contributed by atoms with Crippen molar-refractivity contribution >= 4 is 0 Å². The van der Waals surface area contributed by atoms with E-state index >= 15 is 0 Å². The molecule has 0 aromatic heterocycles. The Hall–Kier alpha value is -0.820. The van der Waals surface area contributed by atoms with E-state index in [2.05, 4.69) is 51.1 Å². The molecule has 20 heavy (non-hydrogen) atoms. The lowest BCUT2D eigenvalue weighted by atomic mass is 9.89. The minimum atomic E-state index is 0.524. The van der Waals surface area contributed by atoms with Crippen LogP contribution in [0.3, 0.4) is 0 Å². The van der Waals surface area contributed by atoms with Crippen LogP contribution in [-0.2, 0) is 4.74 Å². The fraction of sp³-hybridized carbons (Fsp3) is 0.684. The van der Waals surface area contributed by atoms with E-state index in [-0.39, 0.29) is 0 Å². The van der Waals surface area contributed by atoms with Crippen LogP contribution in [0.15, 0.2) is 30.3 Å². The average Bonchev–Trinajstić information content (AvgIpc) is 2.46. The molecular weight excluding hydrogens is 244 g/mol. The van der Waals surface area contributed by atoms with Crippen molar-refractivity contribution in [2.24, 2.45) is 5.92 Å². The van der Waals surface area contributed by atoms with Crippen molar-refractivity contribution in [3.05, 3.63) is 35.9 Å². The van der Waals surface area contributed by atoms with Crippen LogP contribution >= 0.6 is 0 Å². The summed E-state index contributed by atoms with van der Waals surface area (Å²) in [6, 6.07) is 10.8. The normalized spacial score (nSPS) is 12.8. The standard InChI is InChI=1S/C19H32O/c1-4-5-6-7-8-12-15-20-16-19(17(2)3)18-13-10-9-11-14-18/h9-11,13-14,17,19H,4-8,12,15-16H2,1-3H3/t19-/m1/s1. The third-order valence-corrected chi connectivity index (χ3v) is 3.97. The molecule has 1 aromatic rings. The first-order valence-electron chi connectivity index (χ1n) is 8.38. The number of unbranched alkanes of at least 4 members (excludes halogenated alkanes) is 5. The van der Waals surface area contributed by atoms with Gasteiger partial charge in [0.2, 0.25) is 0 Å². The molecule has 1 aromatic carbocycles. The van der Waals surface area contributed by atoms with Crippen molar-refractivity contribution in [3.8, 4) is 0 Å². The minimum Gasteiger partial charge on any atom is -0.381 e. The molecule has 0 amide bonds.